The Kier molecular flexibility index (Phi) is 5.34. The summed E-state index contributed by atoms with van der Waals surface area (Å²) < 4.78 is 0. The Balaban J connectivity index is 1.56. The van der Waals surface area contributed by atoms with E-state index in [4.69, 9.17) is 5.73 Å². The van der Waals surface area contributed by atoms with E-state index in [-0.39, 0.29) is 17.9 Å². The molecule has 2 fully saturated rings. The molecule has 23 heavy (non-hydrogen) atoms. The third-order valence-electron chi connectivity index (χ3n) is 5.58. The van der Waals surface area contributed by atoms with E-state index in [9.17, 15) is 4.79 Å². The van der Waals surface area contributed by atoms with Crippen molar-refractivity contribution in [2.75, 3.05) is 26.2 Å². The number of carbonyl (C=O) groups excluding carboxylic acids is 1. The Hall–Kier alpha value is -1.39. The van der Waals surface area contributed by atoms with Crippen LogP contribution in [0.2, 0.25) is 0 Å². The minimum absolute atomic E-state index is 0.0491. The van der Waals surface area contributed by atoms with E-state index in [0.717, 1.165) is 19.6 Å². The van der Waals surface area contributed by atoms with Crippen LogP contribution in [-0.2, 0) is 4.79 Å². The molecule has 2 heterocycles. The predicted molar refractivity (Wildman–Crippen MR) is 93.1 cm³/mol. The maximum absolute atomic E-state index is 12.7. The molecule has 4 nitrogen and oxygen atoms in total. The van der Waals surface area contributed by atoms with Gasteiger partial charge in [-0.1, -0.05) is 37.3 Å². The standard InChI is InChI=1S/C19H29N3O/c1-14(16-8-5-9-21-11-16)10-19(23)22-12-17(18(20)13-22)15-6-3-2-4-7-15/h2-4,6-7,14,16-18,21H,5,8-13,20H2,1H3/t14?,16?,17-,18+/m0/s1. The van der Waals surface area contributed by atoms with Crippen LogP contribution in [0.25, 0.3) is 0 Å². The fourth-order valence-corrected chi connectivity index (χ4v) is 4.02. The lowest BCUT2D eigenvalue weighted by atomic mass is 9.85. The van der Waals surface area contributed by atoms with Crippen LogP contribution in [0.15, 0.2) is 30.3 Å². The van der Waals surface area contributed by atoms with Crippen molar-refractivity contribution in [1.29, 1.82) is 0 Å². The van der Waals surface area contributed by atoms with Crippen LogP contribution in [0.4, 0.5) is 0 Å². The van der Waals surface area contributed by atoms with E-state index in [1.54, 1.807) is 0 Å². The zero-order valence-corrected chi connectivity index (χ0v) is 14.1. The first-order valence-corrected chi connectivity index (χ1v) is 8.94. The number of amides is 1. The van der Waals surface area contributed by atoms with E-state index < -0.39 is 0 Å². The molecule has 4 atom stereocenters. The normalized spacial score (nSPS) is 29.5. The summed E-state index contributed by atoms with van der Waals surface area (Å²) in [7, 11) is 0. The van der Waals surface area contributed by atoms with E-state index in [2.05, 4.69) is 24.4 Å². The molecular formula is C19H29N3O. The zero-order chi connectivity index (χ0) is 16.2. The Bertz CT molecular complexity index is 513. The average Bonchev–Trinajstić information content (AvgIpc) is 2.98. The van der Waals surface area contributed by atoms with E-state index >= 15 is 0 Å². The van der Waals surface area contributed by atoms with Gasteiger partial charge in [0.2, 0.25) is 5.91 Å². The number of carbonyl (C=O) groups is 1. The highest BCUT2D eigenvalue weighted by atomic mass is 16.2. The fraction of sp³-hybridized carbons (Fsp3) is 0.632. The maximum Gasteiger partial charge on any atom is 0.222 e. The summed E-state index contributed by atoms with van der Waals surface area (Å²) in [6, 6.07) is 10.4. The number of likely N-dealkylation sites (tertiary alicyclic amines) is 1. The van der Waals surface area contributed by atoms with Crippen LogP contribution >= 0.6 is 0 Å². The van der Waals surface area contributed by atoms with Crippen molar-refractivity contribution in [2.24, 2.45) is 17.6 Å². The monoisotopic (exact) mass is 315 g/mol. The van der Waals surface area contributed by atoms with E-state index in [1.165, 1.54) is 18.4 Å². The van der Waals surface area contributed by atoms with Gasteiger partial charge < -0.3 is 16.0 Å². The first kappa shape index (κ1) is 16.5. The van der Waals surface area contributed by atoms with Crippen LogP contribution < -0.4 is 11.1 Å². The van der Waals surface area contributed by atoms with Crippen LogP contribution in [-0.4, -0.2) is 43.0 Å². The number of hydrogen-bond donors (Lipinski definition) is 2. The third kappa shape index (κ3) is 3.93. The summed E-state index contributed by atoms with van der Waals surface area (Å²) in [4.78, 5) is 14.7. The van der Waals surface area contributed by atoms with Crippen molar-refractivity contribution in [2.45, 2.75) is 38.1 Å². The number of hydrogen-bond acceptors (Lipinski definition) is 3. The van der Waals surface area contributed by atoms with Gasteiger partial charge in [-0.2, -0.15) is 0 Å². The number of rotatable bonds is 4. The molecule has 3 N–H and O–H groups in total. The molecule has 1 aromatic rings. The molecule has 0 radical (unpaired) electrons. The van der Waals surface area contributed by atoms with E-state index in [1.807, 2.05) is 23.1 Å². The summed E-state index contributed by atoms with van der Waals surface area (Å²) in [5.41, 5.74) is 7.56. The van der Waals surface area contributed by atoms with Gasteiger partial charge in [0, 0.05) is 31.5 Å². The third-order valence-corrected chi connectivity index (χ3v) is 5.58. The number of piperidine rings is 1. The van der Waals surface area contributed by atoms with Gasteiger partial charge in [0.05, 0.1) is 0 Å². The zero-order valence-electron chi connectivity index (χ0n) is 14.1. The molecule has 4 heteroatoms. The SMILES string of the molecule is CC(CC(=O)N1C[C@@H](N)[C@H](c2ccccc2)C1)C1CCCNC1. The molecule has 0 spiro atoms. The maximum atomic E-state index is 12.7. The van der Waals surface area contributed by atoms with E-state index in [0.29, 0.717) is 24.8 Å². The van der Waals surface area contributed by atoms with Crippen molar-refractivity contribution < 1.29 is 4.79 Å². The molecule has 2 aliphatic rings. The number of nitrogens with zero attached hydrogens (tertiary/aromatic N) is 1. The molecule has 0 bridgehead atoms. The molecular weight excluding hydrogens is 286 g/mol. The second kappa shape index (κ2) is 7.45. The molecule has 0 aliphatic carbocycles. The van der Waals surface area contributed by atoms with Crippen LogP contribution in [0.1, 0.15) is 37.7 Å². The molecule has 0 aromatic heterocycles. The Labute approximate surface area is 139 Å². The summed E-state index contributed by atoms with van der Waals surface area (Å²) >= 11 is 0. The quantitative estimate of drug-likeness (QED) is 0.893. The van der Waals surface area contributed by atoms with Gasteiger partial charge in [0.1, 0.15) is 0 Å². The Morgan fingerprint density at radius 3 is 2.83 bits per heavy atom. The molecule has 3 rings (SSSR count). The highest BCUT2D eigenvalue weighted by Crippen LogP contribution is 2.29. The summed E-state index contributed by atoms with van der Waals surface area (Å²) in [6.07, 6.45) is 3.13. The van der Waals surface area contributed by atoms with Gasteiger partial charge in [0.25, 0.3) is 0 Å². The minimum Gasteiger partial charge on any atom is -0.340 e. The summed E-state index contributed by atoms with van der Waals surface area (Å²) in [5.74, 6) is 1.62. The van der Waals surface area contributed by atoms with Crippen LogP contribution in [0.5, 0.6) is 0 Å². The second-order valence-electron chi connectivity index (χ2n) is 7.27. The highest BCUT2D eigenvalue weighted by molar-refractivity contribution is 5.77. The van der Waals surface area contributed by atoms with Gasteiger partial charge in [-0.15, -0.1) is 0 Å². The first-order chi connectivity index (χ1) is 11.1. The average molecular weight is 315 g/mol. The summed E-state index contributed by atoms with van der Waals surface area (Å²) in [5, 5.41) is 3.45. The topological polar surface area (TPSA) is 58.4 Å². The van der Waals surface area contributed by atoms with Gasteiger partial charge >= 0.3 is 0 Å². The second-order valence-corrected chi connectivity index (χ2v) is 7.27. The van der Waals surface area contributed by atoms with Crippen molar-refractivity contribution >= 4 is 5.91 Å². The van der Waals surface area contributed by atoms with Crippen molar-refractivity contribution in [3.8, 4) is 0 Å². The highest BCUT2D eigenvalue weighted by Gasteiger charge is 2.34. The predicted octanol–water partition coefficient (Wildman–Crippen LogP) is 1.97. The van der Waals surface area contributed by atoms with Gasteiger partial charge in [0.15, 0.2) is 0 Å². The molecule has 2 unspecified atom stereocenters. The molecule has 126 valence electrons. The molecule has 1 amide bonds. The molecule has 2 saturated heterocycles. The van der Waals surface area contributed by atoms with Crippen molar-refractivity contribution in [1.82, 2.24) is 10.2 Å². The van der Waals surface area contributed by atoms with Gasteiger partial charge in [-0.25, -0.2) is 0 Å². The first-order valence-electron chi connectivity index (χ1n) is 8.94. The lowest BCUT2D eigenvalue weighted by molar-refractivity contribution is -0.131. The van der Waals surface area contributed by atoms with Crippen molar-refractivity contribution in [3.05, 3.63) is 35.9 Å². The van der Waals surface area contributed by atoms with Crippen molar-refractivity contribution in [3.63, 3.8) is 0 Å². The molecule has 1 aromatic carbocycles. The van der Waals surface area contributed by atoms with Crippen LogP contribution in [0, 0.1) is 11.8 Å². The number of nitrogens with one attached hydrogen (secondary N) is 1. The van der Waals surface area contributed by atoms with Gasteiger partial charge in [-0.3, -0.25) is 4.79 Å². The van der Waals surface area contributed by atoms with Gasteiger partial charge in [-0.05, 0) is 43.3 Å². The lowest BCUT2D eigenvalue weighted by Gasteiger charge is -2.29. The minimum atomic E-state index is 0.0491. The number of benzene rings is 1. The smallest absolute Gasteiger partial charge is 0.222 e. The lowest BCUT2D eigenvalue weighted by Crippen LogP contribution is -2.37. The number of nitrogens with two attached hydrogens (primary N) is 1. The Morgan fingerprint density at radius 1 is 1.35 bits per heavy atom. The summed E-state index contributed by atoms with van der Waals surface area (Å²) in [6.45, 7) is 5.85. The van der Waals surface area contributed by atoms with Crippen LogP contribution in [0.3, 0.4) is 0 Å². The Morgan fingerprint density at radius 2 is 2.13 bits per heavy atom. The molecule has 0 saturated carbocycles. The largest absolute Gasteiger partial charge is 0.340 e. The fourth-order valence-electron chi connectivity index (χ4n) is 4.02. The molecule has 2 aliphatic heterocycles.